The van der Waals surface area contributed by atoms with Crippen LogP contribution in [0.2, 0.25) is 0 Å². The van der Waals surface area contributed by atoms with Crippen LogP contribution in [0.15, 0.2) is 6.33 Å². The molecular weight excluding hydrogens is 338 g/mol. The maximum absolute atomic E-state index is 11.9. The Hall–Kier alpha value is -1.74. The molecule has 1 aliphatic heterocycles. The third-order valence-electron chi connectivity index (χ3n) is 3.87. The van der Waals surface area contributed by atoms with Gasteiger partial charge in [0.1, 0.15) is 11.2 Å². The maximum Gasteiger partial charge on any atom is 0.258 e. The van der Waals surface area contributed by atoms with Crippen LogP contribution in [-0.4, -0.2) is 48.4 Å². The first-order valence-electron chi connectivity index (χ1n) is 7.19. The number of nitrogens with one attached hydrogen (secondary N) is 1. The van der Waals surface area contributed by atoms with Gasteiger partial charge in [0.15, 0.2) is 16.4 Å². The third-order valence-corrected chi connectivity index (χ3v) is 6.75. The van der Waals surface area contributed by atoms with Crippen LogP contribution < -0.4 is 10.1 Å². The normalized spacial score (nSPS) is 19.8. The smallest absolute Gasteiger partial charge is 0.258 e. The first-order valence-corrected chi connectivity index (χ1v) is 9.83. The highest BCUT2D eigenvalue weighted by Gasteiger charge is 2.29. The standard InChI is InChI=1S/C14H17N3O4S2/c1-8-9(2)22-14-12(8)13(15-7-16-14)21-5-11(18)17-10-3-4-23(19,20)6-10/h7,10H,3-6H2,1-2H3,(H,17,18)/t10-/m0/s1. The summed E-state index contributed by atoms with van der Waals surface area (Å²) in [5.41, 5.74) is 1.04. The highest BCUT2D eigenvalue weighted by Crippen LogP contribution is 2.33. The number of amides is 1. The molecule has 0 radical (unpaired) electrons. The van der Waals surface area contributed by atoms with Gasteiger partial charge in [-0.2, -0.15) is 0 Å². The van der Waals surface area contributed by atoms with Gasteiger partial charge in [-0.3, -0.25) is 4.79 Å². The largest absolute Gasteiger partial charge is 0.467 e. The minimum atomic E-state index is -3.01. The van der Waals surface area contributed by atoms with E-state index in [2.05, 4.69) is 15.3 Å². The van der Waals surface area contributed by atoms with Crippen molar-refractivity contribution >= 4 is 37.3 Å². The van der Waals surface area contributed by atoms with Gasteiger partial charge in [0.25, 0.3) is 5.91 Å². The number of nitrogens with zero attached hydrogens (tertiary/aromatic N) is 2. The van der Waals surface area contributed by atoms with Crippen LogP contribution in [-0.2, 0) is 14.6 Å². The van der Waals surface area contributed by atoms with Gasteiger partial charge in [-0.15, -0.1) is 11.3 Å². The molecular formula is C14H17N3O4S2. The number of fused-ring (bicyclic) bond motifs is 1. The highest BCUT2D eigenvalue weighted by atomic mass is 32.2. The zero-order valence-electron chi connectivity index (χ0n) is 12.8. The second-order valence-corrected chi connectivity index (χ2v) is 9.03. The molecule has 3 heterocycles. The van der Waals surface area contributed by atoms with Crippen LogP contribution in [0.5, 0.6) is 5.88 Å². The lowest BCUT2D eigenvalue weighted by Gasteiger charge is -2.11. The number of aryl methyl sites for hydroxylation is 2. The van der Waals surface area contributed by atoms with Crippen molar-refractivity contribution in [3.63, 3.8) is 0 Å². The van der Waals surface area contributed by atoms with Crippen LogP contribution in [0.3, 0.4) is 0 Å². The van der Waals surface area contributed by atoms with Gasteiger partial charge >= 0.3 is 0 Å². The van der Waals surface area contributed by atoms with Gasteiger partial charge in [-0.25, -0.2) is 18.4 Å². The van der Waals surface area contributed by atoms with E-state index in [1.807, 2.05) is 13.8 Å². The van der Waals surface area contributed by atoms with E-state index in [4.69, 9.17) is 4.74 Å². The van der Waals surface area contributed by atoms with Gasteiger partial charge in [0, 0.05) is 10.9 Å². The SMILES string of the molecule is Cc1sc2ncnc(OCC(=O)N[C@H]3CCS(=O)(=O)C3)c2c1C. The first-order chi connectivity index (χ1) is 10.9. The molecule has 124 valence electrons. The summed E-state index contributed by atoms with van der Waals surface area (Å²) in [6, 6.07) is -0.327. The summed E-state index contributed by atoms with van der Waals surface area (Å²) in [7, 11) is -3.01. The number of thiophene rings is 1. The molecule has 0 unspecified atom stereocenters. The lowest BCUT2D eigenvalue weighted by Crippen LogP contribution is -2.38. The van der Waals surface area contributed by atoms with E-state index in [1.165, 1.54) is 6.33 Å². The van der Waals surface area contributed by atoms with Crippen LogP contribution >= 0.6 is 11.3 Å². The van der Waals surface area contributed by atoms with Gasteiger partial charge in [-0.1, -0.05) is 0 Å². The number of ether oxygens (including phenoxy) is 1. The fourth-order valence-electron chi connectivity index (χ4n) is 2.57. The Morgan fingerprint density at radius 1 is 1.43 bits per heavy atom. The molecule has 1 amide bonds. The van der Waals surface area contributed by atoms with E-state index in [-0.39, 0.29) is 30.1 Å². The molecule has 0 spiro atoms. The molecule has 1 aliphatic rings. The van der Waals surface area contributed by atoms with Gasteiger partial charge < -0.3 is 10.1 Å². The molecule has 23 heavy (non-hydrogen) atoms. The average molecular weight is 355 g/mol. The molecule has 9 heteroatoms. The number of hydrogen-bond acceptors (Lipinski definition) is 7. The number of hydrogen-bond donors (Lipinski definition) is 1. The Labute approximate surface area is 138 Å². The van der Waals surface area contributed by atoms with E-state index < -0.39 is 9.84 Å². The summed E-state index contributed by atoms with van der Waals surface area (Å²) in [6.07, 6.45) is 1.86. The highest BCUT2D eigenvalue weighted by molar-refractivity contribution is 7.91. The number of rotatable bonds is 4. The fraction of sp³-hybridized carbons (Fsp3) is 0.500. The zero-order valence-corrected chi connectivity index (χ0v) is 14.5. The minimum absolute atomic E-state index is 0.000669. The molecule has 0 saturated carbocycles. The second-order valence-electron chi connectivity index (χ2n) is 5.60. The Morgan fingerprint density at radius 3 is 2.91 bits per heavy atom. The molecule has 7 nitrogen and oxygen atoms in total. The van der Waals surface area contributed by atoms with Crippen molar-refractivity contribution in [2.24, 2.45) is 0 Å². The lowest BCUT2D eigenvalue weighted by molar-refractivity contribution is -0.123. The lowest BCUT2D eigenvalue weighted by atomic mass is 10.2. The molecule has 2 aromatic rings. The zero-order chi connectivity index (χ0) is 16.6. The monoisotopic (exact) mass is 355 g/mol. The van der Waals surface area contributed by atoms with E-state index >= 15 is 0 Å². The molecule has 1 N–H and O–H groups in total. The average Bonchev–Trinajstić information content (AvgIpc) is 2.97. The van der Waals surface area contributed by atoms with Crippen LogP contribution in [0, 0.1) is 13.8 Å². The van der Waals surface area contributed by atoms with E-state index in [0.29, 0.717) is 12.3 Å². The quantitative estimate of drug-likeness (QED) is 0.878. The van der Waals surface area contributed by atoms with E-state index in [0.717, 1.165) is 20.7 Å². The Bertz CT molecular complexity index is 860. The van der Waals surface area contributed by atoms with Crippen molar-refractivity contribution in [3.05, 3.63) is 16.8 Å². The summed E-state index contributed by atoms with van der Waals surface area (Å²) < 4.78 is 28.3. The minimum Gasteiger partial charge on any atom is -0.467 e. The molecule has 1 atom stereocenters. The first kappa shape index (κ1) is 16.1. The molecule has 1 saturated heterocycles. The number of carbonyl (C=O) groups excluding carboxylic acids is 1. The molecule has 2 aromatic heterocycles. The number of carbonyl (C=O) groups is 1. The summed E-state index contributed by atoms with van der Waals surface area (Å²) in [6.45, 7) is 3.77. The summed E-state index contributed by atoms with van der Waals surface area (Å²) >= 11 is 1.55. The second kappa shape index (κ2) is 6.04. The van der Waals surface area contributed by atoms with Crippen molar-refractivity contribution in [2.45, 2.75) is 26.3 Å². The van der Waals surface area contributed by atoms with Crippen molar-refractivity contribution in [1.82, 2.24) is 15.3 Å². The molecule has 3 rings (SSSR count). The number of sulfone groups is 1. The Morgan fingerprint density at radius 2 is 2.22 bits per heavy atom. The van der Waals surface area contributed by atoms with Crippen molar-refractivity contribution in [1.29, 1.82) is 0 Å². The Balaban J connectivity index is 1.66. The predicted molar refractivity (Wildman–Crippen MR) is 87.6 cm³/mol. The molecule has 0 aromatic carbocycles. The maximum atomic E-state index is 11.9. The molecule has 1 fully saturated rings. The van der Waals surface area contributed by atoms with Crippen molar-refractivity contribution < 1.29 is 17.9 Å². The fourth-order valence-corrected chi connectivity index (χ4v) is 5.23. The van der Waals surface area contributed by atoms with Crippen LogP contribution in [0.4, 0.5) is 0 Å². The van der Waals surface area contributed by atoms with E-state index in [1.54, 1.807) is 11.3 Å². The molecule has 0 aliphatic carbocycles. The van der Waals surface area contributed by atoms with E-state index in [9.17, 15) is 13.2 Å². The number of aromatic nitrogens is 2. The summed E-state index contributed by atoms with van der Waals surface area (Å²) in [5.74, 6) is 0.160. The van der Waals surface area contributed by atoms with Gasteiger partial charge in [0.05, 0.1) is 16.9 Å². The van der Waals surface area contributed by atoms with Crippen molar-refractivity contribution in [3.8, 4) is 5.88 Å². The summed E-state index contributed by atoms with van der Waals surface area (Å²) in [4.78, 5) is 22.2. The molecule has 0 bridgehead atoms. The Kier molecular flexibility index (Phi) is 4.24. The van der Waals surface area contributed by atoms with Crippen LogP contribution in [0.1, 0.15) is 16.9 Å². The van der Waals surface area contributed by atoms with Crippen LogP contribution in [0.25, 0.3) is 10.2 Å². The van der Waals surface area contributed by atoms with Gasteiger partial charge in [-0.05, 0) is 25.8 Å². The summed E-state index contributed by atoms with van der Waals surface area (Å²) in [5, 5.41) is 3.51. The topological polar surface area (TPSA) is 98.2 Å². The van der Waals surface area contributed by atoms with Gasteiger partial charge in [0.2, 0.25) is 5.88 Å². The van der Waals surface area contributed by atoms with Crippen molar-refractivity contribution in [2.75, 3.05) is 18.1 Å². The third kappa shape index (κ3) is 3.45. The predicted octanol–water partition coefficient (Wildman–Crippen LogP) is 0.990.